The van der Waals surface area contributed by atoms with E-state index in [0.717, 1.165) is 16.9 Å². The van der Waals surface area contributed by atoms with Crippen molar-refractivity contribution in [3.05, 3.63) is 29.3 Å². The van der Waals surface area contributed by atoms with Gasteiger partial charge < -0.3 is 14.7 Å². The van der Waals surface area contributed by atoms with Crippen LogP contribution in [0.25, 0.3) is 0 Å². The van der Waals surface area contributed by atoms with E-state index in [0.29, 0.717) is 13.0 Å². The molecule has 108 valence electrons. The Morgan fingerprint density at radius 3 is 2.65 bits per heavy atom. The van der Waals surface area contributed by atoms with E-state index >= 15 is 0 Å². The van der Waals surface area contributed by atoms with Crippen molar-refractivity contribution >= 4 is 11.9 Å². The molecule has 5 nitrogen and oxygen atoms in total. The second-order valence-corrected chi connectivity index (χ2v) is 5.30. The number of ether oxygens (including phenoxy) is 1. The molecule has 0 aliphatic heterocycles. The van der Waals surface area contributed by atoms with Gasteiger partial charge in [0, 0.05) is 19.2 Å². The van der Waals surface area contributed by atoms with Gasteiger partial charge >= 0.3 is 5.97 Å². The van der Waals surface area contributed by atoms with Gasteiger partial charge in [0.1, 0.15) is 5.75 Å². The predicted molar refractivity (Wildman–Crippen MR) is 73.4 cm³/mol. The highest BCUT2D eigenvalue weighted by atomic mass is 16.5. The Morgan fingerprint density at radius 1 is 1.40 bits per heavy atom. The SMILES string of the molecule is COc1ccc(C)cc1CN(C)C(=O)[C@@H]1C[C@@H]1C(=O)O. The maximum atomic E-state index is 12.1. The summed E-state index contributed by atoms with van der Waals surface area (Å²) in [5.41, 5.74) is 2.02. The highest BCUT2D eigenvalue weighted by molar-refractivity contribution is 5.89. The summed E-state index contributed by atoms with van der Waals surface area (Å²) >= 11 is 0. The van der Waals surface area contributed by atoms with Crippen molar-refractivity contribution in [2.45, 2.75) is 19.9 Å². The molecule has 0 bridgehead atoms. The minimum absolute atomic E-state index is 0.110. The molecule has 1 aromatic rings. The number of rotatable bonds is 5. The molecule has 0 aromatic heterocycles. The third-order valence-electron chi connectivity index (χ3n) is 3.64. The van der Waals surface area contributed by atoms with Crippen molar-refractivity contribution in [3.63, 3.8) is 0 Å². The summed E-state index contributed by atoms with van der Waals surface area (Å²) in [7, 11) is 3.29. The number of hydrogen-bond donors (Lipinski definition) is 1. The number of carbonyl (C=O) groups excluding carboxylic acids is 1. The van der Waals surface area contributed by atoms with Crippen LogP contribution >= 0.6 is 0 Å². The number of hydrogen-bond acceptors (Lipinski definition) is 3. The first kappa shape index (κ1) is 14.4. The third-order valence-corrected chi connectivity index (χ3v) is 3.64. The van der Waals surface area contributed by atoms with Gasteiger partial charge in [-0.05, 0) is 19.4 Å². The smallest absolute Gasteiger partial charge is 0.307 e. The number of nitrogens with zero attached hydrogens (tertiary/aromatic N) is 1. The van der Waals surface area contributed by atoms with Crippen LogP contribution in [-0.4, -0.2) is 36.0 Å². The molecule has 1 aliphatic rings. The average Bonchev–Trinajstić information content (AvgIpc) is 3.18. The molecular formula is C15H19NO4. The lowest BCUT2D eigenvalue weighted by Gasteiger charge is -2.19. The monoisotopic (exact) mass is 277 g/mol. The largest absolute Gasteiger partial charge is 0.496 e. The Hall–Kier alpha value is -2.04. The number of amides is 1. The number of carbonyl (C=O) groups is 2. The fourth-order valence-corrected chi connectivity index (χ4v) is 2.39. The van der Waals surface area contributed by atoms with Gasteiger partial charge in [0.05, 0.1) is 18.9 Å². The summed E-state index contributed by atoms with van der Waals surface area (Å²) in [5, 5.41) is 8.87. The first-order chi connectivity index (χ1) is 9.43. The molecule has 1 N–H and O–H groups in total. The quantitative estimate of drug-likeness (QED) is 0.889. The average molecular weight is 277 g/mol. The van der Waals surface area contributed by atoms with E-state index in [1.807, 2.05) is 25.1 Å². The topological polar surface area (TPSA) is 66.8 Å². The van der Waals surface area contributed by atoms with E-state index in [1.54, 1.807) is 19.1 Å². The maximum absolute atomic E-state index is 12.1. The Bertz CT molecular complexity index is 541. The van der Waals surface area contributed by atoms with Gasteiger partial charge in [-0.15, -0.1) is 0 Å². The molecule has 0 spiro atoms. The van der Waals surface area contributed by atoms with Crippen LogP contribution in [0.4, 0.5) is 0 Å². The molecule has 0 saturated heterocycles. The van der Waals surface area contributed by atoms with Gasteiger partial charge in [-0.25, -0.2) is 0 Å². The van der Waals surface area contributed by atoms with E-state index in [9.17, 15) is 9.59 Å². The van der Waals surface area contributed by atoms with Gasteiger partial charge in [-0.1, -0.05) is 17.7 Å². The fraction of sp³-hybridized carbons (Fsp3) is 0.467. The van der Waals surface area contributed by atoms with Crippen LogP contribution in [0.1, 0.15) is 17.5 Å². The van der Waals surface area contributed by atoms with E-state index < -0.39 is 11.9 Å². The molecule has 20 heavy (non-hydrogen) atoms. The third kappa shape index (κ3) is 2.92. The zero-order valence-corrected chi connectivity index (χ0v) is 11.9. The van der Waals surface area contributed by atoms with E-state index in [4.69, 9.17) is 9.84 Å². The second kappa shape index (κ2) is 5.53. The van der Waals surface area contributed by atoms with Crippen LogP contribution < -0.4 is 4.74 Å². The van der Waals surface area contributed by atoms with Crippen LogP contribution in [0.2, 0.25) is 0 Å². The van der Waals surface area contributed by atoms with Crippen molar-refractivity contribution < 1.29 is 19.4 Å². The van der Waals surface area contributed by atoms with Crippen molar-refractivity contribution in [1.82, 2.24) is 4.90 Å². The fourth-order valence-electron chi connectivity index (χ4n) is 2.39. The van der Waals surface area contributed by atoms with Crippen molar-refractivity contribution in [2.24, 2.45) is 11.8 Å². The summed E-state index contributed by atoms with van der Waals surface area (Å²) in [6.07, 6.45) is 0.448. The van der Waals surface area contributed by atoms with Gasteiger partial charge in [-0.2, -0.15) is 0 Å². The Balaban J connectivity index is 2.05. The maximum Gasteiger partial charge on any atom is 0.307 e. The molecule has 1 aliphatic carbocycles. The summed E-state index contributed by atoms with van der Waals surface area (Å²) in [6.45, 7) is 2.40. The minimum atomic E-state index is -0.884. The number of aryl methyl sites for hydroxylation is 1. The lowest BCUT2D eigenvalue weighted by Crippen LogP contribution is -2.29. The number of benzene rings is 1. The first-order valence-corrected chi connectivity index (χ1v) is 6.55. The lowest BCUT2D eigenvalue weighted by atomic mass is 10.1. The van der Waals surface area contributed by atoms with Gasteiger partial charge in [0.25, 0.3) is 0 Å². The normalized spacial score (nSPS) is 20.4. The molecule has 1 amide bonds. The highest BCUT2D eigenvalue weighted by Crippen LogP contribution is 2.40. The molecule has 1 saturated carbocycles. The molecule has 2 atom stereocenters. The Labute approximate surface area is 118 Å². The van der Waals surface area contributed by atoms with Crippen molar-refractivity contribution in [2.75, 3.05) is 14.2 Å². The zero-order valence-electron chi connectivity index (χ0n) is 11.9. The zero-order chi connectivity index (χ0) is 14.9. The van der Waals surface area contributed by atoms with Crippen LogP contribution in [0.15, 0.2) is 18.2 Å². The lowest BCUT2D eigenvalue weighted by molar-refractivity contribution is -0.141. The molecule has 1 aromatic carbocycles. The molecule has 2 rings (SSSR count). The molecule has 0 heterocycles. The number of aliphatic carboxylic acids is 1. The predicted octanol–water partition coefficient (Wildman–Crippen LogP) is 1.68. The van der Waals surface area contributed by atoms with Crippen LogP contribution in [0.3, 0.4) is 0 Å². The molecule has 0 radical (unpaired) electrons. The van der Waals surface area contributed by atoms with E-state index in [2.05, 4.69) is 0 Å². The summed E-state index contributed by atoms with van der Waals surface area (Å²) in [6, 6.07) is 5.80. The molecule has 5 heteroatoms. The summed E-state index contributed by atoms with van der Waals surface area (Å²) in [5.74, 6) is -1.13. The first-order valence-electron chi connectivity index (χ1n) is 6.55. The highest BCUT2D eigenvalue weighted by Gasteiger charge is 2.49. The number of carboxylic acids is 1. The van der Waals surface area contributed by atoms with Crippen LogP contribution in [0.5, 0.6) is 5.75 Å². The summed E-state index contributed by atoms with van der Waals surface area (Å²) in [4.78, 5) is 24.5. The van der Waals surface area contributed by atoms with Crippen molar-refractivity contribution in [3.8, 4) is 5.75 Å². The van der Waals surface area contributed by atoms with Crippen LogP contribution in [-0.2, 0) is 16.1 Å². The second-order valence-electron chi connectivity index (χ2n) is 5.30. The Morgan fingerprint density at radius 2 is 2.10 bits per heavy atom. The van der Waals surface area contributed by atoms with E-state index in [-0.39, 0.29) is 11.8 Å². The van der Waals surface area contributed by atoms with Gasteiger partial charge in [0.2, 0.25) is 5.91 Å². The minimum Gasteiger partial charge on any atom is -0.496 e. The molecular weight excluding hydrogens is 258 g/mol. The standard InChI is InChI=1S/C15H19NO4/c1-9-4-5-13(20-3)10(6-9)8-16(2)14(17)11-7-12(11)15(18)19/h4-6,11-12H,7-8H2,1-3H3,(H,18,19)/t11-,12+/m1/s1. The Kier molecular flexibility index (Phi) is 3.97. The van der Waals surface area contributed by atoms with E-state index in [1.165, 1.54) is 0 Å². The van der Waals surface area contributed by atoms with Crippen LogP contribution in [0, 0.1) is 18.8 Å². The van der Waals surface area contributed by atoms with Gasteiger partial charge in [-0.3, -0.25) is 9.59 Å². The summed E-state index contributed by atoms with van der Waals surface area (Å²) < 4.78 is 5.28. The number of carboxylic acid groups (broad SMARTS) is 1. The molecule has 1 fully saturated rings. The van der Waals surface area contributed by atoms with Gasteiger partial charge in [0.15, 0.2) is 0 Å². The number of methoxy groups -OCH3 is 1. The van der Waals surface area contributed by atoms with Crippen molar-refractivity contribution in [1.29, 1.82) is 0 Å². The molecule has 0 unspecified atom stereocenters.